The molecule has 110 valence electrons. The van der Waals surface area contributed by atoms with Crippen LogP contribution in [0.2, 0.25) is 0 Å². The lowest BCUT2D eigenvalue weighted by Crippen LogP contribution is -2.22. The quantitative estimate of drug-likeness (QED) is 0.941. The van der Waals surface area contributed by atoms with Crippen LogP contribution in [0, 0.1) is 13.8 Å². The highest BCUT2D eigenvalue weighted by Gasteiger charge is 2.30. The van der Waals surface area contributed by atoms with Crippen LogP contribution in [0.5, 0.6) is 0 Å². The van der Waals surface area contributed by atoms with Crippen molar-refractivity contribution in [2.75, 3.05) is 11.4 Å². The van der Waals surface area contributed by atoms with Crippen molar-refractivity contribution in [3.8, 4) is 0 Å². The number of nitrogens with zero attached hydrogens (tertiary/aromatic N) is 2. The number of fused-ring (bicyclic) bond motifs is 1. The second kappa shape index (κ2) is 5.48. The van der Waals surface area contributed by atoms with E-state index in [0.717, 1.165) is 35.0 Å². The van der Waals surface area contributed by atoms with Gasteiger partial charge in [-0.3, -0.25) is 4.79 Å². The number of aliphatic carboxylic acids is 1. The molecule has 0 saturated heterocycles. The second-order valence-electron chi connectivity index (χ2n) is 5.48. The van der Waals surface area contributed by atoms with Crippen molar-refractivity contribution in [3.63, 3.8) is 0 Å². The number of anilines is 1. The molecule has 0 bridgehead atoms. The Morgan fingerprint density at radius 2 is 2.19 bits per heavy atom. The van der Waals surface area contributed by atoms with E-state index < -0.39 is 5.97 Å². The third-order valence-corrected chi connectivity index (χ3v) is 5.04. The lowest BCUT2D eigenvalue weighted by Gasteiger charge is -2.18. The Hall–Kier alpha value is -1.88. The Morgan fingerprint density at radius 3 is 2.86 bits per heavy atom. The standard InChI is InChI=1S/C16H18N2O2S/c1-10-11(2)21-15(17-10)9-18-8-12(7-16(19)20)13-5-3-4-6-14(13)18/h3-6,12H,7-9H2,1-2H3,(H,19,20). The maximum absolute atomic E-state index is 11.0. The van der Waals surface area contributed by atoms with Gasteiger partial charge in [0.15, 0.2) is 0 Å². The van der Waals surface area contributed by atoms with Gasteiger partial charge in [-0.1, -0.05) is 18.2 Å². The van der Waals surface area contributed by atoms with E-state index in [-0.39, 0.29) is 12.3 Å². The average Bonchev–Trinajstić information content (AvgIpc) is 2.92. The number of aromatic nitrogens is 1. The summed E-state index contributed by atoms with van der Waals surface area (Å²) in [7, 11) is 0. The van der Waals surface area contributed by atoms with E-state index in [2.05, 4.69) is 22.9 Å². The zero-order chi connectivity index (χ0) is 15.0. The number of carbonyl (C=O) groups is 1. The Labute approximate surface area is 128 Å². The fourth-order valence-electron chi connectivity index (χ4n) is 2.89. The Balaban J connectivity index is 1.85. The van der Waals surface area contributed by atoms with Crippen molar-refractivity contribution in [3.05, 3.63) is 45.4 Å². The van der Waals surface area contributed by atoms with E-state index in [1.807, 2.05) is 25.1 Å². The third kappa shape index (κ3) is 2.78. The molecule has 1 atom stereocenters. The molecule has 1 aromatic heterocycles. The summed E-state index contributed by atoms with van der Waals surface area (Å²) in [5.41, 5.74) is 3.38. The molecule has 0 fully saturated rings. The Bertz CT molecular complexity index is 661. The van der Waals surface area contributed by atoms with E-state index in [0.29, 0.717) is 0 Å². The second-order valence-corrected chi connectivity index (χ2v) is 6.77. The topological polar surface area (TPSA) is 53.4 Å². The maximum Gasteiger partial charge on any atom is 0.304 e. The fourth-order valence-corrected chi connectivity index (χ4v) is 3.84. The number of hydrogen-bond acceptors (Lipinski definition) is 4. The summed E-state index contributed by atoms with van der Waals surface area (Å²) in [5, 5.41) is 10.2. The van der Waals surface area contributed by atoms with Crippen LogP contribution < -0.4 is 4.90 Å². The monoisotopic (exact) mass is 302 g/mol. The molecule has 1 aliphatic heterocycles. The van der Waals surface area contributed by atoms with Crippen molar-refractivity contribution in [2.24, 2.45) is 0 Å². The minimum absolute atomic E-state index is 0.0702. The van der Waals surface area contributed by atoms with E-state index in [1.165, 1.54) is 4.88 Å². The number of hydrogen-bond donors (Lipinski definition) is 1. The molecule has 1 aromatic carbocycles. The molecule has 5 heteroatoms. The zero-order valence-electron chi connectivity index (χ0n) is 12.2. The van der Waals surface area contributed by atoms with Crippen molar-refractivity contribution in [2.45, 2.75) is 32.7 Å². The maximum atomic E-state index is 11.0. The predicted molar refractivity (Wildman–Crippen MR) is 84.1 cm³/mol. The van der Waals surface area contributed by atoms with E-state index in [1.54, 1.807) is 11.3 Å². The highest BCUT2D eigenvalue weighted by molar-refractivity contribution is 7.11. The van der Waals surface area contributed by atoms with Gasteiger partial charge in [0.25, 0.3) is 0 Å². The summed E-state index contributed by atoms with van der Waals surface area (Å²) in [6.45, 7) is 5.62. The molecule has 0 saturated carbocycles. The van der Waals surface area contributed by atoms with E-state index in [4.69, 9.17) is 5.11 Å². The molecule has 4 nitrogen and oxygen atoms in total. The Kier molecular flexibility index (Phi) is 3.68. The van der Waals surface area contributed by atoms with Crippen LogP contribution in [-0.2, 0) is 11.3 Å². The van der Waals surface area contributed by atoms with Crippen LogP contribution in [0.3, 0.4) is 0 Å². The molecule has 21 heavy (non-hydrogen) atoms. The van der Waals surface area contributed by atoms with Gasteiger partial charge in [-0.25, -0.2) is 4.98 Å². The van der Waals surface area contributed by atoms with Gasteiger partial charge in [-0.05, 0) is 25.5 Å². The minimum atomic E-state index is -0.738. The first-order valence-electron chi connectivity index (χ1n) is 7.03. The SMILES string of the molecule is Cc1nc(CN2CC(CC(=O)O)c3ccccc32)sc1C. The highest BCUT2D eigenvalue weighted by Crippen LogP contribution is 2.39. The Morgan fingerprint density at radius 1 is 1.43 bits per heavy atom. The third-order valence-electron chi connectivity index (χ3n) is 3.98. The predicted octanol–water partition coefficient (Wildman–Crippen LogP) is 3.34. The van der Waals surface area contributed by atoms with Crippen LogP contribution in [0.4, 0.5) is 5.69 Å². The number of para-hydroxylation sites is 1. The van der Waals surface area contributed by atoms with Crippen molar-refractivity contribution in [1.29, 1.82) is 0 Å². The van der Waals surface area contributed by atoms with Crippen LogP contribution in [0.15, 0.2) is 24.3 Å². The first kappa shape index (κ1) is 14.1. The minimum Gasteiger partial charge on any atom is -0.481 e. The molecule has 2 aromatic rings. The lowest BCUT2D eigenvalue weighted by molar-refractivity contribution is -0.137. The largest absolute Gasteiger partial charge is 0.481 e. The first-order chi connectivity index (χ1) is 10.0. The summed E-state index contributed by atoms with van der Waals surface area (Å²) in [6, 6.07) is 8.11. The number of rotatable bonds is 4. The molecule has 2 heterocycles. The summed E-state index contributed by atoms with van der Waals surface area (Å²) in [4.78, 5) is 19.1. The van der Waals surface area contributed by atoms with Crippen LogP contribution in [0.1, 0.15) is 33.5 Å². The average molecular weight is 302 g/mol. The van der Waals surface area contributed by atoms with Crippen LogP contribution in [0.25, 0.3) is 0 Å². The van der Waals surface area contributed by atoms with E-state index in [9.17, 15) is 4.79 Å². The van der Waals surface area contributed by atoms with Gasteiger partial charge in [0.1, 0.15) is 5.01 Å². The normalized spacial score (nSPS) is 17.0. The number of thiazole rings is 1. The molecular formula is C16H18N2O2S. The van der Waals surface area contributed by atoms with Gasteiger partial charge in [-0.15, -0.1) is 11.3 Å². The first-order valence-corrected chi connectivity index (χ1v) is 7.85. The van der Waals surface area contributed by atoms with Crippen molar-refractivity contribution >= 4 is 23.0 Å². The van der Waals surface area contributed by atoms with Crippen LogP contribution in [-0.4, -0.2) is 22.6 Å². The molecule has 0 amide bonds. The zero-order valence-corrected chi connectivity index (χ0v) is 13.0. The molecule has 3 rings (SSSR count). The van der Waals surface area contributed by atoms with Crippen molar-refractivity contribution < 1.29 is 9.90 Å². The van der Waals surface area contributed by atoms with Crippen molar-refractivity contribution in [1.82, 2.24) is 4.98 Å². The number of aryl methyl sites for hydroxylation is 2. The molecule has 0 aliphatic carbocycles. The molecule has 1 N–H and O–H groups in total. The van der Waals surface area contributed by atoms with Gasteiger partial charge in [0.2, 0.25) is 0 Å². The molecule has 0 radical (unpaired) electrons. The fraction of sp³-hybridized carbons (Fsp3) is 0.375. The summed E-state index contributed by atoms with van der Waals surface area (Å²) >= 11 is 1.72. The molecular weight excluding hydrogens is 284 g/mol. The number of benzene rings is 1. The van der Waals surface area contributed by atoms with Gasteiger partial charge < -0.3 is 10.0 Å². The van der Waals surface area contributed by atoms with Gasteiger partial charge in [0, 0.05) is 23.0 Å². The summed E-state index contributed by atoms with van der Waals surface area (Å²) in [6.07, 6.45) is 0.184. The summed E-state index contributed by atoms with van der Waals surface area (Å²) in [5.74, 6) is -0.668. The van der Waals surface area contributed by atoms with Gasteiger partial charge in [-0.2, -0.15) is 0 Å². The number of carboxylic acids is 1. The smallest absolute Gasteiger partial charge is 0.304 e. The molecule has 0 spiro atoms. The summed E-state index contributed by atoms with van der Waals surface area (Å²) < 4.78 is 0. The van der Waals surface area contributed by atoms with E-state index >= 15 is 0 Å². The molecule has 1 aliphatic rings. The van der Waals surface area contributed by atoms with Crippen LogP contribution >= 0.6 is 11.3 Å². The highest BCUT2D eigenvalue weighted by atomic mass is 32.1. The number of carboxylic acid groups (broad SMARTS) is 1. The van der Waals surface area contributed by atoms with Gasteiger partial charge in [0.05, 0.1) is 18.7 Å². The lowest BCUT2D eigenvalue weighted by atomic mass is 9.98. The molecule has 1 unspecified atom stereocenters. The van der Waals surface area contributed by atoms with Gasteiger partial charge >= 0.3 is 5.97 Å².